The molecule has 8 nitrogen and oxygen atoms in total. The van der Waals surface area contributed by atoms with E-state index in [9.17, 15) is 14.4 Å². The van der Waals surface area contributed by atoms with Crippen LogP contribution in [0.15, 0.2) is 36.4 Å². The Morgan fingerprint density at radius 1 is 1.12 bits per heavy atom. The molecule has 3 amide bonds. The quantitative estimate of drug-likeness (QED) is 0.370. The van der Waals surface area contributed by atoms with Crippen LogP contribution in [-0.2, 0) is 9.53 Å². The number of carbonyl (C=O) groups is 3. The second kappa shape index (κ2) is 11.8. The fraction of sp³-hybridized carbons (Fsp3) is 0.400. The Bertz CT molecular complexity index is 1040. The van der Waals surface area contributed by atoms with E-state index in [1.54, 1.807) is 6.07 Å². The standard InChI is InChI=1S/C25H34N4O4S/c1-15(2)13-19(23(31)33-25(3,4)5)28-12-6-7-16-8-10-17(11-9-16)20-14-18(21(26)30)22(34-20)29-24(27)32/h6-11,14-15,19,28H,12-13H2,1-5H3,(H2,26,30)(H3,27,29,32)/b7-6+/t19-/m0/s1. The maximum atomic E-state index is 12.5. The summed E-state index contributed by atoms with van der Waals surface area (Å²) in [7, 11) is 0. The minimum atomic E-state index is -0.757. The third-order valence-electron chi connectivity index (χ3n) is 4.62. The van der Waals surface area contributed by atoms with Gasteiger partial charge in [-0.3, -0.25) is 14.9 Å². The summed E-state index contributed by atoms with van der Waals surface area (Å²) in [6.07, 6.45) is 4.61. The molecular weight excluding hydrogens is 452 g/mol. The number of ether oxygens (including phenoxy) is 1. The van der Waals surface area contributed by atoms with Crippen LogP contribution in [0.4, 0.5) is 9.80 Å². The van der Waals surface area contributed by atoms with Crippen molar-refractivity contribution >= 4 is 40.3 Å². The molecule has 9 heteroatoms. The lowest BCUT2D eigenvalue weighted by Crippen LogP contribution is -2.42. The minimum absolute atomic E-state index is 0.217. The molecule has 0 spiro atoms. The molecular formula is C25H34N4O4S. The summed E-state index contributed by atoms with van der Waals surface area (Å²) in [5.41, 5.74) is 12.1. The summed E-state index contributed by atoms with van der Waals surface area (Å²) in [5.74, 6) is -0.525. The van der Waals surface area contributed by atoms with Gasteiger partial charge in [-0.2, -0.15) is 0 Å². The molecule has 0 fully saturated rings. The zero-order valence-electron chi connectivity index (χ0n) is 20.3. The number of rotatable bonds is 10. The normalized spacial score (nSPS) is 12.6. The molecule has 1 heterocycles. The van der Waals surface area contributed by atoms with Crippen molar-refractivity contribution in [3.8, 4) is 10.4 Å². The van der Waals surface area contributed by atoms with Gasteiger partial charge in [-0.1, -0.05) is 50.3 Å². The largest absolute Gasteiger partial charge is 0.459 e. The van der Waals surface area contributed by atoms with Crippen molar-refractivity contribution in [3.63, 3.8) is 0 Å². The lowest BCUT2D eigenvalue weighted by molar-refractivity contribution is -0.157. The first-order valence-electron chi connectivity index (χ1n) is 11.1. The van der Waals surface area contributed by atoms with Gasteiger partial charge in [-0.25, -0.2) is 4.79 Å². The maximum absolute atomic E-state index is 12.5. The molecule has 184 valence electrons. The summed E-state index contributed by atoms with van der Waals surface area (Å²) >= 11 is 1.23. The number of amides is 3. The zero-order valence-corrected chi connectivity index (χ0v) is 21.1. The van der Waals surface area contributed by atoms with Gasteiger partial charge < -0.3 is 21.5 Å². The number of primary amides is 2. The van der Waals surface area contributed by atoms with Crippen molar-refractivity contribution in [3.05, 3.63) is 47.5 Å². The molecule has 0 aliphatic heterocycles. The monoisotopic (exact) mass is 486 g/mol. The molecule has 1 aromatic carbocycles. The predicted molar refractivity (Wildman–Crippen MR) is 138 cm³/mol. The minimum Gasteiger partial charge on any atom is -0.459 e. The summed E-state index contributed by atoms with van der Waals surface area (Å²) in [6.45, 7) is 10.3. The van der Waals surface area contributed by atoms with Crippen molar-refractivity contribution in [2.24, 2.45) is 17.4 Å². The van der Waals surface area contributed by atoms with Crippen molar-refractivity contribution in [2.75, 3.05) is 11.9 Å². The Kier molecular flexibility index (Phi) is 9.40. The lowest BCUT2D eigenvalue weighted by atomic mass is 10.0. The van der Waals surface area contributed by atoms with Crippen molar-refractivity contribution in [1.82, 2.24) is 5.32 Å². The van der Waals surface area contributed by atoms with E-state index in [-0.39, 0.29) is 17.6 Å². The first-order chi connectivity index (χ1) is 15.9. The van der Waals surface area contributed by atoms with E-state index in [2.05, 4.69) is 24.5 Å². The number of carbonyl (C=O) groups excluding carboxylic acids is 3. The van der Waals surface area contributed by atoms with Gasteiger partial charge in [0.1, 0.15) is 16.6 Å². The number of urea groups is 1. The molecule has 2 aromatic rings. The van der Waals surface area contributed by atoms with Gasteiger partial charge in [0.15, 0.2) is 0 Å². The van der Waals surface area contributed by atoms with Crippen LogP contribution in [0.2, 0.25) is 0 Å². The smallest absolute Gasteiger partial charge is 0.323 e. The highest BCUT2D eigenvalue weighted by Crippen LogP contribution is 2.35. The zero-order chi connectivity index (χ0) is 25.5. The molecule has 6 N–H and O–H groups in total. The van der Waals surface area contributed by atoms with Crippen LogP contribution in [0.25, 0.3) is 16.5 Å². The van der Waals surface area contributed by atoms with Crippen molar-refractivity contribution < 1.29 is 19.1 Å². The average Bonchev–Trinajstić information content (AvgIpc) is 3.12. The molecule has 0 bridgehead atoms. The van der Waals surface area contributed by atoms with Crippen LogP contribution in [0, 0.1) is 5.92 Å². The summed E-state index contributed by atoms with van der Waals surface area (Å²) in [5, 5.41) is 6.03. The highest BCUT2D eigenvalue weighted by atomic mass is 32.1. The molecule has 34 heavy (non-hydrogen) atoms. The predicted octanol–water partition coefficient (Wildman–Crippen LogP) is 4.36. The third kappa shape index (κ3) is 8.64. The highest BCUT2D eigenvalue weighted by molar-refractivity contribution is 7.20. The number of hydrogen-bond acceptors (Lipinski definition) is 6. The van der Waals surface area contributed by atoms with Crippen molar-refractivity contribution in [1.29, 1.82) is 0 Å². The van der Waals surface area contributed by atoms with Gasteiger partial charge >= 0.3 is 12.0 Å². The van der Waals surface area contributed by atoms with E-state index in [1.807, 2.05) is 57.2 Å². The summed E-state index contributed by atoms with van der Waals surface area (Å²) in [4.78, 5) is 36.1. The topological polar surface area (TPSA) is 137 Å². The van der Waals surface area contributed by atoms with E-state index in [0.29, 0.717) is 23.9 Å². The maximum Gasteiger partial charge on any atom is 0.323 e. The van der Waals surface area contributed by atoms with Gasteiger partial charge in [-0.05, 0) is 50.3 Å². The van der Waals surface area contributed by atoms with Gasteiger partial charge in [0, 0.05) is 11.4 Å². The number of nitrogens with one attached hydrogen (secondary N) is 2. The summed E-state index contributed by atoms with van der Waals surface area (Å²) < 4.78 is 5.53. The molecule has 0 saturated carbocycles. The van der Waals surface area contributed by atoms with E-state index in [0.717, 1.165) is 16.0 Å². The Balaban J connectivity index is 2.04. The second-order valence-corrected chi connectivity index (χ2v) is 10.4. The Labute approximate surface area is 204 Å². The number of esters is 1. The SMILES string of the molecule is CC(C)C[C@H](NC/C=C/c1ccc(-c2cc(C(N)=O)c(NC(N)=O)s2)cc1)C(=O)OC(C)(C)C. The average molecular weight is 487 g/mol. The Morgan fingerprint density at radius 3 is 2.29 bits per heavy atom. The molecule has 0 unspecified atom stereocenters. The van der Waals surface area contributed by atoms with E-state index >= 15 is 0 Å². The Hall–Kier alpha value is -3.17. The van der Waals surface area contributed by atoms with Crippen LogP contribution in [0.1, 0.15) is 57.0 Å². The van der Waals surface area contributed by atoms with Gasteiger partial charge in [0.25, 0.3) is 5.91 Å². The number of anilines is 1. The molecule has 1 atom stereocenters. The third-order valence-corrected chi connectivity index (χ3v) is 5.72. The molecule has 0 aliphatic rings. The van der Waals surface area contributed by atoms with Gasteiger partial charge in [-0.15, -0.1) is 11.3 Å². The molecule has 0 aliphatic carbocycles. The van der Waals surface area contributed by atoms with E-state index < -0.39 is 17.5 Å². The first-order valence-corrected chi connectivity index (χ1v) is 11.9. The lowest BCUT2D eigenvalue weighted by Gasteiger charge is -2.25. The van der Waals surface area contributed by atoms with E-state index in [1.165, 1.54) is 11.3 Å². The Morgan fingerprint density at radius 2 is 1.76 bits per heavy atom. The molecule has 2 rings (SSSR count). The number of benzene rings is 1. The van der Waals surface area contributed by atoms with E-state index in [4.69, 9.17) is 16.2 Å². The van der Waals surface area contributed by atoms with Crippen LogP contribution >= 0.6 is 11.3 Å². The number of thiophene rings is 1. The molecule has 0 saturated heterocycles. The molecule has 0 radical (unpaired) electrons. The van der Waals surface area contributed by atoms with Gasteiger partial charge in [0.2, 0.25) is 0 Å². The van der Waals surface area contributed by atoms with Crippen LogP contribution < -0.4 is 22.1 Å². The van der Waals surface area contributed by atoms with Crippen molar-refractivity contribution in [2.45, 2.75) is 52.7 Å². The van der Waals surface area contributed by atoms with Crippen LogP contribution in [-0.4, -0.2) is 36.1 Å². The van der Waals surface area contributed by atoms with Crippen LogP contribution in [0.5, 0.6) is 0 Å². The second-order valence-electron chi connectivity index (χ2n) is 9.36. The summed E-state index contributed by atoms with van der Waals surface area (Å²) in [6, 6.07) is 8.23. The fourth-order valence-corrected chi connectivity index (χ4v) is 4.26. The number of hydrogen-bond donors (Lipinski definition) is 4. The van der Waals surface area contributed by atoms with Gasteiger partial charge in [0.05, 0.1) is 5.56 Å². The van der Waals surface area contributed by atoms with Crippen LogP contribution in [0.3, 0.4) is 0 Å². The first kappa shape index (κ1) is 27.1. The fourth-order valence-electron chi connectivity index (χ4n) is 3.19. The number of nitrogens with two attached hydrogens (primary N) is 2. The highest BCUT2D eigenvalue weighted by Gasteiger charge is 2.25. The molecule has 1 aromatic heterocycles.